The second-order valence-corrected chi connectivity index (χ2v) is 4.66. The molecular formula is C15H21N3O2. The zero-order chi connectivity index (χ0) is 14.5. The van der Waals surface area contributed by atoms with Gasteiger partial charge in [-0.3, -0.25) is 0 Å². The Morgan fingerprint density at radius 3 is 2.80 bits per heavy atom. The molecule has 0 aliphatic rings. The van der Waals surface area contributed by atoms with Gasteiger partial charge in [0.15, 0.2) is 11.5 Å². The predicted octanol–water partition coefficient (Wildman–Crippen LogP) is 2.51. The van der Waals surface area contributed by atoms with Gasteiger partial charge in [-0.15, -0.1) is 0 Å². The minimum absolute atomic E-state index is 0.0283. The summed E-state index contributed by atoms with van der Waals surface area (Å²) >= 11 is 0. The molecule has 0 saturated carbocycles. The van der Waals surface area contributed by atoms with Gasteiger partial charge in [0, 0.05) is 12.6 Å². The van der Waals surface area contributed by atoms with Gasteiger partial charge < -0.3 is 19.8 Å². The Kier molecular flexibility index (Phi) is 4.63. The largest absolute Gasteiger partial charge is 0.493 e. The molecule has 1 aromatic carbocycles. The Morgan fingerprint density at radius 2 is 2.15 bits per heavy atom. The summed E-state index contributed by atoms with van der Waals surface area (Å²) in [6, 6.07) is 5.74. The lowest BCUT2D eigenvalue weighted by molar-refractivity contribution is 0.276. The molecule has 0 saturated heterocycles. The lowest BCUT2D eigenvalue weighted by atomic mass is 10.1. The van der Waals surface area contributed by atoms with Gasteiger partial charge in [-0.05, 0) is 31.5 Å². The van der Waals surface area contributed by atoms with Crippen molar-refractivity contribution in [3.8, 4) is 11.5 Å². The van der Waals surface area contributed by atoms with Crippen LogP contribution in [0.2, 0.25) is 0 Å². The quantitative estimate of drug-likeness (QED) is 0.880. The van der Waals surface area contributed by atoms with Crippen LogP contribution in [0.15, 0.2) is 30.7 Å². The van der Waals surface area contributed by atoms with Crippen molar-refractivity contribution in [3.05, 3.63) is 42.0 Å². The van der Waals surface area contributed by atoms with E-state index in [0.29, 0.717) is 18.1 Å². The van der Waals surface area contributed by atoms with Gasteiger partial charge in [-0.2, -0.15) is 0 Å². The molecule has 1 heterocycles. The van der Waals surface area contributed by atoms with E-state index in [1.165, 1.54) is 0 Å². The van der Waals surface area contributed by atoms with Crippen molar-refractivity contribution in [2.45, 2.75) is 33.0 Å². The van der Waals surface area contributed by atoms with Gasteiger partial charge in [0.05, 0.1) is 25.3 Å². The number of ether oxygens (including phenoxy) is 2. The van der Waals surface area contributed by atoms with Gasteiger partial charge >= 0.3 is 0 Å². The number of imidazole rings is 1. The van der Waals surface area contributed by atoms with E-state index < -0.39 is 0 Å². The molecule has 108 valence electrons. The number of hydrogen-bond donors (Lipinski definition) is 1. The van der Waals surface area contributed by atoms with Crippen LogP contribution in [0, 0.1) is 0 Å². The summed E-state index contributed by atoms with van der Waals surface area (Å²) in [7, 11) is 1.63. The van der Waals surface area contributed by atoms with E-state index in [2.05, 4.69) is 11.9 Å². The first-order valence-corrected chi connectivity index (χ1v) is 6.71. The topological polar surface area (TPSA) is 62.3 Å². The Bertz CT molecular complexity index is 564. The molecule has 0 aliphatic heterocycles. The van der Waals surface area contributed by atoms with Gasteiger partial charge in [-0.25, -0.2) is 4.98 Å². The summed E-state index contributed by atoms with van der Waals surface area (Å²) in [5.41, 5.74) is 7.92. The molecule has 1 unspecified atom stereocenters. The number of hydrogen-bond acceptors (Lipinski definition) is 4. The third kappa shape index (κ3) is 3.11. The SMILES string of the molecule is CCn1cncc1COc1ccc(C(C)N)cc1OC. The number of aryl methyl sites for hydroxylation is 1. The van der Waals surface area contributed by atoms with Gasteiger partial charge in [-0.1, -0.05) is 6.07 Å². The standard InChI is InChI=1S/C15H21N3O2/c1-4-18-10-17-8-13(18)9-20-14-6-5-12(11(2)16)7-15(14)19-3/h5-8,10-11H,4,9,16H2,1-3H3. The molecule has 0 bridgehead atoms. The molecule has 20 heavy (non-hydrogen) atoms. The number of methoxy groups -OCH3 is 1. The Morgan fingerprint density at radius 1 is 1.35 bits per heavy atom. The molecule has 0 amide bonds. The smallest absolute Gasteiger partial charge is 0.161 e. The summed E-state index contributed by atoms with van der Waals surface area (Å²) < 4.78 is 13.2. The van der Waals surface area contributed by atoms with Crippen molar-refractivity contribution in [2.75, 3.05) is 7.11 Å². The summed E-state index contributed by atoms with van der Waals surface area (Å²) in [5.74, 6) is 1.41. The molecule has 2 rings (SSSR count). The zero-order valence-electron chi connectivity index (χ0n) is 12.2. The van der Waals surface area contributed by atoms with Crippen molar-refractivity contribution >= 4 is 0 Å². The summed E-state index contributed by atoms with van der Waals surface area (Å²) in [6.07, 6.45) is 3.61. The molecule has 0 fully saturated rings. The molecule has 5 heteroatoms. The summed E-state index contributed by atoms with van der Waals surface area (Å²) in [6.45, 7) is 5.35. The van der Waals surface area contributed by atoms with E-state index >= 15 is 0 Å². The van der Waals surface area contributed by atoms with E-state index in [1.54, 1.807) is 13.4 Å². The fraction of sp³-hybridized carbons (Fsp3) is 0.400. The average molecular weight is 275 g/mol. The molecule has 1 atom stereocenters. The number of benzene rings is 1. The van der Waals surface area contributed by atoms with Crippen molar-refractivity contribution < 1.29 is 9.47 Å². The first-order chi connectivity index (χ1) is 9.65. The number of nitrogens with two attached hydrogens (primary N) is 1. The molecule has 0 radical (unpaired) electrons. The van der Waals surface area contributed by atoms with E-state index in [9.17, 15) is 0 Å². The molecule has 0 aliphatic carbocycles. The average Bonchev–Trinajstić information content (AvgIpc) is 2.92. The predicted molar refractivity (Wildman–Crippen MR) is 77.8 cm³/mol. The zero-order valence-corrected chi connectivity index (χ0v) is 12.2. The Hall–Kier alpha value is -2.01. The lowest BCUT2D eigenvalue weighted by Crippen LogP contribution is -2.07. The third-order valence-electron chi connectivity index (χ3n) is 3.23. The van der Waals surface area contributed by atoms with Crippen LogP contribution >= 0.6 is 0 Å². The van der Waals surface area contributed by atoms with Gasteiger partial charge in [0.25, 0.3) is 0 Å². The van der Waals surface area contributed by atoms with Crippen LogP contribution in [0.25, 0.3) is 0 Å². The monoisotopic (exact) mass is 275 g/mol. The van der Waals surface area contributed by atoms with Gasteiger partial charge in [0.2, 0.25) is 0 Å². The summed E-state index contributed by atoms with van der Waals surface area (Å²) in [4.78, 5) is 4.12. The maximum Gasteiger partial charge on any atom is 0.161 e. The fourth-order valence-corrected chi connectivity index (χ4v) is 1.99. The Balaban J connectivity index is 2.13. The normalized spacial score (nSPS) is 12.2. The minimum Gasteiger partial charge on any atom is -0.493 e. The van der Waals surface area contributed by atoms with Crippen molar-refractivity contribution in [1.29, 1.82) is 0 Å². The second-order valence-electron chi connectivity index (χ2n) is 4.66. The molecule has 2 aromatic rings. The van der Waals surface area contributed by atoms with Crippen LogP contribution < -0.4 is 15.2 Å². The number of aromatic nitrogens is 2. The highest BCUT2D eigenvalue weighted by Gasteiger charge is 2.09. The highest BCUT2D eigenvalue weighted by molar-refractivity contribution is 5.43. The fourth-order valence-electron chi connectivity index (χ4n) is 1.99. The molecular weight excluding hydrogens is 254 g/mol. The maximum absolute atomic E-state index is 5.87. The molecule has 5 nitrogen and oxygen atoms in total. The first-order valence-electron chi connectivity index (χ1n) is 6.71. The van der Waals surface area contributed by atoms with Crippen LogP contribution in [0.5, 0.6) is 11.5 Å². The molecule has 1 aromatic heterocycles. The lowest BCUT2D eigenvalue weighted by Gasteiger charge is -2.14. The second kappa shape index (κ2) is 6.43. The van der Waals surface area contributed by atoms with Crippen LogP contribution in [0.4, 0.5) is 0 Å². The highest BCUT2D eigenvalue weighted by atomic mass is 16.5. The van der Waals surface area contributed by atoms with Crippen molar-refractivity contribution in [2.24, 2.45) is 5.73 Å². The minimum atomic E-state index is -0.0283. The van der Waals surface area contributed by atoms with Gasteiger partial charge in [0.1, 0.15) is 6.61 Å². The van der Waals surface area contributed by atoms with Crippen LogP contribution in [0.1, 0.15) is 31.1 Å². The van der Waals surface area contributed by atoms with Crippen molar-refractivity contribution in [3.63, 3.8) is 0 Å². The molecule has 2 N–H and O–H groups in total. The Labute approximate surface area is 119 Å². The highest BCUT2D eigenvalue weighted by Crippen LogP contribution is 2.30. The van der Waals surface area contributed by atoms with E-state index in [-0.39, 0.29) is 6.04 Å². The third-order valence-corrected chi connectivity index (χ3v) is 3.23. The number of nitrogens with zero attached hydrogens (tertiary/aromatic N) is 2. The summed E-state index contributed by atoms with van der Waals surface area (Å²) in [5, 5.41) is 0. The van der Waals surface area contributed by atoms with E-state index in [0.717, 1.165) is 17.8 Å². The van der Waals surface area contributed by atoms with Crippen LogP contribution in [0.3, 0.4) is 0 Å². The first kappa shape index (κ1) is 14.4. The van der Waals surface area contributed by atoms with E-state index in [4.69, 9.17) is 15.2 Å². The molecule has 0 spiro atoms. The van der Waals surface area contributed by atoms with Crippen molar-refractivity contribution in [1.82, 2.24) is 9.55 Å². The van der Waals surface area contributed by atoms with Crippen LogP contribution in [-0.2, 0) is 13.2 Å². The van der Waals surface area contributed by atoms with E-state index in [1.807, 2.05) is 35.9 Å². The van der Waals surface area contributed by atoms with Crippen LogP contribution in [-0.4, -0.2) is 16.7 Å². The maximum atomic E-state index is 5.87. The number of rotatable bonds is 6.